The molecule has 13 nitrogen and oxygen atoms in total. The maximum absolute atomic E-state index is 15.1. The van der Waals surface area contributed by atoms with Crippen molar-refractivity contribution in [3.63, 3.8) is 0 Å². The number of hydrogen-bond donors (Lipinski definition) is 1. The molecule has 15 heteroatoms. The van der Waals surface area contributed by atoms with Crippen molar-refractivity contribution in [3.8, 4) is 22.6 Å². The minimum Gasteiger partial charge on any atom is -0.405 e. The van der Waals surface area contributed by atoms with Crippen molar-refractivity contribution in [2.45, 2.75) is 25.2 Å². The molecule has 4 saturated heterocycles. The highest BCUT2D eigenvalue weighted by molar-refractivity contribution is 7.50. The van der Waals surface area contributed by atoms with E-state index in [9.17, 15) is 14.5 Å². The summed E-state index contributed by atoms with van der Waals surface area (Å²) in [6.07, 6.45) is 0.430. The summed E-state index contributed by atoms with van der Waals surface area (Å²) >= 11 is 0. The summed E-state index contributed by atoms with van der Waals surface area (Å²) in [7, 11) is -3.95. The van der Waals surface area contributed by atoms with E-state index in [2.05, 4.69) is 20.4 Å². The molecule has 1 amide bonds. The van der Waals surface area contributed by atoms with E-state index in [0.29, 0.717) is 23.6 Å². The number of rotatable bonds is 5. The van der Waals surface area contributed by atoms with Crippen molar-refractivity contribution in [2.75, 3.05) is 11.5 Å². The van der Waals surface area contributed by atoms with Gasteiger partial charge in [-0.25, -0.2) is 32.2 Å². The lowest BCUT2D eigenvalue weighted by Gasteiger charge is -2.38. The molecular formula is C18H14FN6O7P. The van der Waals surface area contributed by atoms with Crippen LogP contribution in [0.1, 0.15) is 6.92 Å². The van der Waals surface area contributed by atoms with E-state index >= 15 is 4.39 Å². The Balaban J connectivity index is 1.31. The summed E-state index contributed by atoms with van der Waals surface area (Å²) in [6, 6.07) is 7.17. The van der Waals surface area contributed by atoms with E-state index in [-0.39, 0.29) is 11.3 Å². The van der Waals surface area contributed by atoms with Crippen LogP contribution in [0.25, 0.3) is 22.6 Å². The van der Waals surface area contributed by atoms with E-state index < -0.39 is 38.0 Å². The molecule has 0 radical (unpaired) electrons. The normalized spacial score (nSPS) is 29.7. The highest BCUT2D eigenvalue weighted by Gasteiger charge is 2.89. The zero-order valence-electron chi connectivity index (χ0n) is 16.8. The van der Waals surface area contributed by atoms with Crippen molar-refractivity contribution in [2.24, 2.45) is 0 Å². The molecule has 7 rings (SSSR count). The number of ether oxygens (including phenoxy) is 1. The van der Waals surface area contributed by atoms with Gasteiger partial charge in [-0.1, -0.05) is 6.07 Å². The second-order valence-corrected chi connectivity index (χ2v) is 8.76. The lowest BCUT2D eigenvalue weighted by atomic mass is 10.1. The molecule has 1 N–H and O–H groups in total. The predicted octanol–water partition coefficient (Wildman–Crippen LogP) is 2.05. The number of hydrogen-bond acceptors (Lipinski definition) is 11. The lowest BCUT2D eigenvalue weighted by Crippen LogP contribution is -2.61. The number of benzene rings is 1. The molecule has 33 heavy (non-hydrogen) atoms. The summed E-state index contributed by atoms with van der Waals surface area (Å²) in [6.45, 7) is 1.56. The molecule has 4 aliphatic heterocycles. The van der Waals surface area contributed by atoms with Gasteiger partial charge in [-0.05, 0) is 36.4 Å². The first-order valence-electron chi connectivity index (χ1n) is 9.72. The van der Waals surface area contributed by atoms with Crippen molar-refractivity contribution in [1.29, 1.82) is 0 Å². The Kier molecular flexibility index (Phi) is 4.08. The number of pyridine rings is 1. The number of phosphoric ester groups is 1. The number of halogens is 1. The number of anilines is 1. The van der Waals surface area contributed by atoms with E-state index in [4.69, 9.17) is 18.3 Å². The van der Waals surface area contributed by atoms with Crippen LogP contribution >= 0.6 is 7.82 Å². The lowest BCUT2D eigenvalue weighted by molar-refractivity contribution is -0.259. The Hall–Kier alpha value is -3.29. The summed E-state index contributed by atoms with van der Waals surface area (Å²) in [4.78, 5) is 19.0. The van der Waals surface area contributed by atoms with Gasteiger partial charge in [0.05, 0.1) is 12.2 Å². The van der Waals surface area contributed by atoms with Crippen molar-refractivity contribution in [3.05, 3.63) is 42.3 Å². The van der Waals surface area contributed by atoms with Crippen LogP contribution in [0.3, 0.4) is 0 Å². The molecule has 1 aromatic carbocycles. The van der Waals surface area contributed by atoms with Crippen LogP contribution in [0.2, 0.25) is 0 Å². The standard InChI is InChI=1S/C18H14FN6O7P/c1-2-24-22-15(21-23-24)14-6-3-10(8-20-14)12-5-4-11(7-13(12)19)25-16(27)29-17(9-26)18(25)31-33(28,30-17)32-18/h3-8,26H,2,9H2,1H3/t17-,18?,33?/m0/s1. The molecule has 2 bridgehead atoms. The number of aryl methyl sites for hydroxylation is 1. The van der Waals surface area contributed by atoms with Crippen molar-refractivity contribution in [1.82, 2.24) is 25.2 Å². The van der Waals surface area contributed by atoms with Gasteiger partial charge in [-0.2, -0.15) is 4.80 Å². The number of phosphoric acid groups is 1. The number of nitrogens with zero attached hydrogens (tertiary/aromatic N) is 6. The highest BCUT2D eigenvalue weighted by Crippen LogP contribution is 2.80. The number of carbonyl (C=O) groups excluding carboxylic acids is 1. The number of aliphatic hydroxyl groups is 1. The van der Waals surface area contributed by atoms with Crippen LogP contribution in [0.5, 0.6) is 0 Å². The van der Waals surface area contributed by atoms with Gasteiger partial charge in [0.2, 0.25) is 5.82 Å². The summed E-state index contributed by atoms with van der Waals surface area (Å²) in [5.74, 6) is -4.57. The molecule has 4 aliphatic rings. The van der Waals surface area contributed by atoms with Gasteiger partial charge < -0.3 is 9.84 Å². The minimum absolute atomic E-state index is 0.0155. The fraction of sp³-hybridized carbons (Fsp3) is 0.278. The van der Waals surface area contributed by atoms with E-state index in [1.54, 1.807) is 12.1 Å². The molecule has 3 aromatic rings. The van der Waals surface area contributed by atoms with E-state index in [1.807, 2.05) is 6.92 Å². The van der Waals surface area contributed by atoms with Crippen LogP contribution in [0, 0.1) is 5.82 Å². The number of tetrazole rings is 1. The van der Waals surface area contributed by atoms with Crippen molar-refractivity contribution >= 4 is 19.6 Å². The Morgan fingerprint density at radius 2 is 2.03 bits per heavy atom. The number of aliphatic hydroxyl groups excluding tert-OH is 1. The van der Waals surface area contributed by atoms with Gasteiger partial charge in [-0.3, -0.25) is 4.98 Å². The molecule has 2 aromatic heterocycles. The number of aromatic nitrogens is 5. The van der Waals surface area contributed by atoms with Gasteiger partial charge >= 0.3 is 25.6 Å². The van der Waals surface area contributed by atoms with E-state index in [0.717, 1.165) is 11.0 Å². The molecule has 170 valence electrons. The fourth-order valence-electron chi connectivity index (χ4n) is 3.85. The Bertz CT molecular complexity index is 1340. The van der Waals surface area contributed by atoms with Crippen LogP contribution in [-0.2, 0) is 29.4 Å². The number of amides is 1. The molecule has 1 spiro atoms. The van der Waals surface area contributed by atoms with E-state index in [1.165, 1.54) is 23.1 Å². The third-order valence-corrected chi connectivity index (χ3v) is 6.86. The maximum atomic E-state index is 15.1. The topological polar surface area (TPSA) is 151 Å². The first-order chi connectivity index (χ1) is 15.8. The molecule has 0 saturated carbocycles. The van der Waals surface area contributed by atoms with Gasteiger partial charge in [-0.15, -0.1) is 10.2 Å². The Labute approximate surface area is 184 Å². The summed E-state index contributed by atoms with van der Waals surface area (Å²) < 4.78 is 47.6. The van der Waals surface area contributed by atoms with Crippen LogP contribution in [-0.4, -0.2) is 54.7 Å². The Morgan fingerprint density at radius 1 is 1.21 bits per heavy atom. The van der Waals surface area contributed by atoms with Crippen molar-refractivity contribution < 1.29 is 37.2 Å². The molecule has 0 aliphatic carbocycles. The fourth-order valence-corrected chi connectivity index (χ4v) is 5.55. The average molecular weight is 476 g/mol. The maximum Gasteiger partial charge on any atom is 0.486 e. The molecular weight excluding hydrogens is 462 g/mol. The molecule has 1 atom stereocenters. The van der Waals surface area contributed by atoms with Crippen LogP contribution in [0.15, 0.2) is 36.5 Å². The quantitative estimate of drug-likeness (QED) is 0.539. The van der Waals surface area contributed by atoms with Crippen LogP contribution < -0.4 is 4.90 Å². The molecule has 6 heterocycles. The molecule has 0 unspecified atom stereocenters. The first-order valence-corrected chi connectivity index (χ1v) is 11.2. The first kappa shape index (κ1) is 20.3. The average Bonchev–Trinajstić information content (AvgIpc) is 3.47. The number of carbonyl (C=O) groups is 1. The van der Waals surface area contributed by atoms with Gasteiger partial charge in [0.25, 0.3) is 0 Å². The van der Waals surface area contributed by atoms with Gasteiger partial charge in [0.1, 0.15) is 18.1 Å². The third-order valence-electron chi connectivity index (χ3n) is 5.40. The predicted molar refractivity (Wildman–Crippen MR) is 104 cm³/mol. The second-order valence-electron chi connectivity index (χ2n) is 7.32. The highest BCUT2D eigenvalue weighted by atomic mass is 31.2. The smallest absolute Gasteiger partial charge is 0.405 e. The minimum atomic E-state index is -3.95. The monoisotopic (exact) mass is 476 g/mol. The van der Waals surface area contributed by atoms with Gasteiger partial charge in [0, 0.05) is 17.3 Å². The zero-order chi connectivity index (χ0) is 23.0. The molecule has 4 fully saturated rings. The van der Waals surface area contributed by atoms with Gasteiger partial charge in [0.15, 0.2) is 0 Å². The second kappa shape index (κ2) is 6.62. The Morgan fingerprint density at radius 3 is 2.67 bits per heavy atom. The largest absolute Gasteiger partial charge is 0.486 e. The van der Waals surface area contributed by atoms with Crippen LogP contribution in [0.4, 0.5) is 14.9 Å². The zero-order valence-corrected chi connectivity index (χ0v) is 17.7. The summed E-state index contributed by atoms with van der Waals surface area (Å²) in [5, 5.41) is 21.6. The summed E-state index contributed by atoms with van der Waals surface area (Å²) in [5.41, 5.74) is 1.12. The third kappa shape index (κ3) is 2.66. The SMILES string of the molecule is CCn1nnc(-c2ccc(-c3ccc(N4C(=O)O[C@@]5(CO)OP6(=O)OC45O6)cc3F)cn2)n1.